The Labute approximate surface area is 147 Å². The molecule has 0 radical (unpaired) electrons. The van der Waals surface area contributed by atoms with E-state index in [4.69, 9.17) is 20.9 Å². The van der Waals surface area contributed by atoms with Gasteiger partial charge < -0.3 is 14.8 Å². The number of hydrogen-bond donors (Lipinski definition) is 1. The van der Waals surface area contributed by atoms with Crippen LogP contribution in [0.25, 0.3) is 0 Å². The largest absolute Gasteiger partial charge is 0.497 e. The molecule has 1 unspecified atom stereocenters. The van der Waals surface area contributed by atoms with Gasteiger partial charge >= 0.3 is 0 Å². The third kappa shape index (κ3) is 3.39. The van der Waals surface area contributed by atoms with Crippen LogP contribution in [0.1, 0.15) is 37.3 Å². The van der Waals surface area contributed by atoms with Crippen LogP contribution in [0.5, 0.6) is 11.5 Å². The molecule has 126 valence electrons. The first-order valence-corrected chi connectivity index (χ1v) is 9.10. The molecule has 1 N–H and O–H groups in total. The van der Waals surface area contributed by atoms with Gasteiger partial charge in [0.15, 0.2) is 5.17 Å². The van der Waals surface area contributed by atoms with E-state index in [0.29, 0.717) is 5.75 Å². The maximum atomic E-state index is 5.59. The standard InChI is InChI=1S/C19H22N2O2S/c1-4-11-24-19-20-16-8-6-5-7-14(16)18(21-19)15-12-13(22-2)9-10-17(15)23-3/h1,9-10,12,18H,5-8,11H2,2-3H3,(H,20,21). The first-order chi connectivity index (χ1) is 11.8. The van der Waals surface area contributed by atoms with Gasteiger partial charge in [0, 0.05) is 11.3 Å². The summed E-state index contributed by atoms with van der Waals surface area (Å²) in [7, 11) is 3.37. The lowest BCUT2D eigenvalue weighted by molar-refractivity contribution is 0.396. The summed E-state index contributed by atoms with van der Waals surface area (Å²) in [5.74, 6) is 4.92. The van der Waals surface area contributed by atoms with Gasteiger partial charge in [-0.15, -0.1) is 6.42 Å². The summed E-state index contributed by atoms with van der Waals surface area (Å²) in [6.07, 6.45) is 9.94. The van der Waals surface area contributed by atoms with Gasteiger partial charge in [-0.05, 0) is 49.5 Å². The number of aliphatic imine (C=N–C) groups is 1. The molecule has 1 atom stereocenters. The van der Waals surface area contributed by atoms with Crippen molar-refractivity contribution in [3.8, 4) is 23.8 Å². The lowest BCUT2D eigenvalue weighted by atomic mass is 9.86. The Morgan fingerprint density at radius 3 is 2.88 bits per heavy atom. The van der Waals surface area contributed by atoms with Crippen LogP contribution in [-0.2, 0) is 0 Å². The van der Waals surface area contributed by atoms with E-state index in [0.717, 1.165) is 35.1 Å². The SMILES string of the molecule is C#CCSC1=NC(c2cc(OC)ccc2OC)C2=C(CCCC2)N1. The van der Waals surface area contributed by atoms with Gasteiger partial charge in [-0.3, -0.25) is 0 Å². The smallest absolute Gasteiger partial charge is 0.162 e. The predicted octanol–water partition coefficient (Wildman–Crippen LogP) is 3.90. The summed E-state index contributed by atoms with van der Waals surface area (Å²) < 4.78 is 11.0. The van der Waals surface area contributed by atoms with Crippen molar-refractivity contribution in [1.29, 1.82) is 0 Å². The van der Waals surface area contributed by atoms with E-state index in [1.165, 1.54) is 24.1 Å². The van der Waals surface area contributed by atoms with Crippen molar-refractivity contribution in [3.63, 3.8) is 0 Å². The number of hydrogen-bond acceptors (Lipinski definition) is 5. The van der Waals surface area contributed by atoms with Crippen molar-refractivity contribution in [3.05, 3.63) is 35.0 Å². The lowest BCUT2D eigenvalue weighted by Gasteiger charge is -2.31. The van der Waals surface area contributed by atoms with E-state index < -0.39 is 0 Å². The molecule has 1 aromatic rings. The molecule has 1 aliphatic carbocycles. The summed E-state index contributed by atoms with van der Waals surface area (Å²) in [6.45, 7) is 0. The molecule has 1 heterocycles. The van der Waals surface area contributed by atoms with Crippen molar-refractivity contribution in [2.75, 3.05) is 20.0 Å². The Balaban J connectivity index is 2.04. The number of rotatable bonds is 4. The molecule has 4 nitrogen and oxygen atoms in total. The highest BCUT2D eigenvalue weighted by molar-refractivity contribution is 8.14. The van der Waals surface area contributed by atoms with Crippen LogP contribution in [-0.4, -0.2) is 25.1 Å². The number of thioether (sulfide) groups is 1. The summed E-state index contributed by atoms with van der Waals surface area (Å²) in [4.78, 5) is 4.94. The maximum Gasteiger partial charge on any atom is 0.162 e. The number of nitrogens with one attached hydrogen (secondary N) is 1. The first kappa shape index (κ1) is 16.8. The summed E-state index contributed by atoms with van der Waals surface area (Å²) in [5, 5.41) is 4.37. The van der Waals surface area contributed by atoms with E-state index in [1.807, 2.05) is 18.2 Å². The van der Waals surface area contributed by atoms with Crippen LogP contribution in [0.4, 0.5) is 0 Å². The average molecular weight is 342 g/mol. The maximum absolute atomic E-state index is 5.59. The van der Waals surface area contributed by atoms with Crippen LogP contribution >= 0.6 is 11.8 Å². The van der Waals surface area contributed by atoms with Gasteiger partial charge in [-0.1, -0.05) is 17.7 Å². The fraction of sp³-hybridized carbons (Fsp3) is 0.421. The molecule has 5 heteroatoms. The molecule has 0 aromatic heterocycles. The Bertz CT molecular complexity index is 719. The van der Waals surface area contributed by atoms with Gasteiger partial charge in [0.2, 0.25) is 0 Å². The Kier molecular flexibility index (Phi) is 5.37. The third-order valence-corrected chi connectivity index (χ3v) is 5.16. The number of terminal acetylenes is 1. The fourth-order valence-electron chi connectivity index (χ4n) is 3.22. The van der Waals surface area contributed by atoms with E-state index in [1.54, 1.807) is 26.0 Å². The van der Waals surface area contributed by atoms with E-state index >= 15 is 0 Å². The number of ether oxygens (including phenoxy) is 2. The summed E-state index contributed by atoms with van der Waals surface area (Å²) >= 11 is 1.57. The summed E-state index contributed by atoms with van der Waals surface area (Å²) in [6, 6.07) is 5.85. The molecule has 0 amide bonds. The van der Waals surface area contributed by atoms with Crippen LogP contribution in [0, 0.1) is 12.3 Å². The van der Waals surface area contributed by atoms with Crippen molar-refractivity contribution >= 4 is 16.9 Å². The molecule has 0 bridgehead atoms. The van der Waals surface area contributed by atoms with Gasteiger partial charge in [0.25, 0.3) is 0 Å². The van der Waals surface area contributed by atoms with E-state index in [-0.39, 0.29) is 6.04 Å². The normalized spacial score (nSPS) is 19.7. The first-order valence-electron chi connectivity index (χ1n) is 8.11. The molecule has 0 spiro atoms. The topological polar surface area (TPSA) is 42.9 Å². The summed E-state index contributed by atoms with van der Waals surface area (Å²) in [5.41, 5.74) is 3.70. The molecule has 3 rings (SSSR count). The zero-order valence-electron chi connectivity index (χ0n) is 14.1. The van der Waals surface area contributed by atoms with Crippen molar-refractivity contribution in [2.45, 2.75) is 31.7 Å². The highest BCUT2D eigenvalue weighted by Gasteiger charge is 2.29. The molecular weight excluding hydrogens is 320 g/mol. The van der Waals surface area contributed by atoms with E-state index in [9.17, 15) is 0 Å². The minimum atomic E-state index is -0.0353. The quantitative estimate of drug-likeness (QED) is 0.843. The second-order valence-corrected chi connectivity index (χ2v) is 6.74. The average Bonchev–Trinajstić information content (AvgIpc) is 2.65. The minimum Gasteiger partial charge on any atom is -0.497 e. The number of nitrogens with zero attached hydrogens (tertiary/aromatic N) is 1. The highest BCUT2D eigenvalue weighted by atomic mass is 32.2. The van der Waals surface area contributed by atoms with Crippen LogP contribution < -0.4 is 14.8 Å². The molecule has 0 fully saturated rings. The van der Waals surface area contributed by atoms with Gasteiger partial charge in [0.1, 0.15) is 17.5 Å². The van der Waals surface area contributed by atoms with Gasteiger partial charge in [0.05, 0.1) is 20.0 Å². The zero-order valence-corrected chi connectivity index (χ0v) is 14.9. The van der Waals surface area contributed by atoms with Crippen molar-refractivity contribution in [1.82, 2.24) is 5.32 Å². The number of allylic oxidation sites excluding steroid dienone is 1. The molecule has 0 saturated carbocycles. The monoisotopic (exact) mass is 342 g/mol. The molecule has 1 aromatic carbocycles. The Morgan fingerprint density at radius 2 is 2.12 bits per heavy atom. The Hall–Kier alpha value is -2.06. The van der Waals surface area contributed by atoms with Crippen LogP contribution in [0.15, 0.2) is 34.5 Å². The Morgan fingerprint density at radius 1 is 1.29 bits per heavy atom. The number of benzene rings is 1. The lowest BCUT2D eigenvalue weighted by Crippen LogP contribution is -2.30. The molecule has 2 aliphatic rings. The molecule has 24 heavy (non-hydrogen) atoms. The zero-order chi connectivity index (χ0) is 16.9. The number of amidine groups is 1. The molecule has 0 saturated heterocycles. The second kappa shape index (κ2) is 7.67. The third-order valence-electron chi connectivity index (χ3n) is 4.37. The predicted molar refractivity (Wildman–Crippen MR) is 99.6 cm³/mol. The van der Waals surface area contributed by atoms with Gasteiger partial charge in [-0.2, -0.15) is 0 Å². The van der Waals surface area contributed by atoms with Crippen LogP contribution in [0.2, 0.25) is 0 Å². The van der Waals surface area contributed by atoms with Crippen molar-refractivity contribution in [2.24, 2.45) is 4.99 Å². The van der Waals surface area contributed by atoms with Crippen LogP contribution in [0.3, 0.4) is 0 Å². The molecule has 1 aliphatic heterocycles. The fourth-order valence-corrected chi connectivity index (χ4v) is 3.82. The highest BCUT2D eigenvalue weighted by Crippen LogP contribution is 2.43. The second-order valence-electron chi connectivity index (χ2n) is 5.77. The molecular formula is C19H22N2O2S. The minimum absolute atomic E-state index is 0.0353. The number of methoxy groups -OCH3 is 2. The van der Waals surface area contributed by atoms with E-state index in [2.05, 4.69) is 11.2 Å². The van der Waals surface area contributed by atoms with Gasteiger partial charge in [-0.25, -0.2) is 4.99 Å². The van der Waals surface area contributed by atoms with Crippen molar-refractivity contribution < 1.29 is 9.47 Å².